The van der Waals surface area contributed by atoms with Gasteiger partial charge in [0.2, 0.25) is 0 Å². The number of carbonyl (C=O) groups is 1. The highest BCUT2D eigenvalue weighted by Crippen LogP contribution is 2.12. The highest BCUT2D eigenvalue weighted by molar-refractivity contribution is 5.92. The van der Waals surface area contributed by atoms with Crippen molar-refractivity contribution in [3.8, 4) is 0 Å². The Labute approximate surface area is 89.2 Å². The number of hydrogen-bond acceptors (Lipinski definition) is 2. The van der Waals surface area contributed by atoms with E-state index in [-0.39, 0.29) is 5.78 Å². The third-order valence-corrected chi connectivity index (χ3v) is 1.87. The Balaban J connectivity index is 3.07. The van der Waals surface area contributed by atoms with Crippen LogP contribution in [-0.4, -0.2) is 15.8 Å². The minimum absolute atomic E-state index is 0.0211. The SMILES string of the molecule is C=C/C=C(\C=C/C)c1ncc(C(C)=O)[nH]1. The Hall–Kier alpha value is -1.90. The summed E-state index contributed by atoms with van der Waals surface area (Å²) in [5.74, 6) is 0.658. The number of nitrogens with zero attached hydrogens (tertiary/aromatic N) is 1. The summed E-state index contributed by atoms with van der Waals surface area (Å²) in [5, 5.41) is 0. The van der Waals surface area contributed by atoms with E-state index in [0.717, 1.165) is 5.57 Å². The normalized spacial score (nSPS) is 12.0. The molecule has 1 aromatic rings. The van der Waals surface area contributed by atoms with E-state index < -0.39 is 0 Å². The molecule has 0 aliphatic carbocycles. The van der Waals surface area contributed by atoms with E-state index in [1.54, 1.807) is 6.08 Å². The van der Waals surface area contributed by atoms with Crippen molar-refractivity contribution in [1.82, 2.24) is 9.97 Å². The molecular weight excluding hydrogens is 188 g/mol. The minimum Gasteiger partial charge on any atom is -0.336 e. The van der Waals surface area contributed by atoms with Gasteiger partial charge in [0.1, 0.15) is 11.5 Å². The summed E-state index contributed by atoms with van der Waals surface area (Å²) >= 11 is 0. The molecule has 0 radical (unpaired) electrons. The van der Waals surface area contributed by atoms with Crippen molar-refractivity contribution < 1.29 is 4.79 Å². The van der Waals surface area contributed by atoms with Gasteiger partial charge in [0.25, 0.3) is 0 Å². The van der Waals surface area contributed by atoms with Crippen LogP contribution in [0.3, 0.4) is 0 Å². The number of rotatable bonds is 4. The molecule has 0 spiro atoms. The summed E-state index contributed by atoms with van der Waals surface area (Å²) in [5.41, 5.74) is 1.42. The van der Waals surface area contributed by atoms with Gasteiger partial charge in [-0.05, 0) is 6.92 Å². The van der Waals surface area contributed by atoms with Gasteiger partial charge in [-0.2, -0.15) is 0 Å². The van der Waals surface area contributed by atoms with Crippen molar-refractivity contribution in [1.29, 1.82) is 0 Å². The first kappa shape index (κ1) is 11.2. The molecule has 1 heterocycles. The first-order valence-corrected chi connectivity index (χ1v) is 4.70. The van der Waals surface area contributed by atoms with Gasteiger partial charge in [0.15, 0.2) is 5.78 Å². The molecule has 3 heteroatoms. The van der Waals surface area contributed by atoms with Gasteiger partial charge in [-0.1, -0.05) is 30.9 Å². The molecule has 0 saturated heterocycles. The number of aromatic amines is 1. The molecule has 0 saturated carbocycles. The molecule has 0 aromatic carbocycles. The van der Waals surface area contributed by atoms with Crippen LogP contribution in [0, 0.1) is 0 Å². The lowest BCUT2D eigenvalue weighted by Gasteiger charge is -1.95. The molecule has 3 nitrogen and oxygen atoms in total. The van der Waals surface area contributed by atoms with Gasteiger partial charge < -0.3 is 4.98 Å². The third-order valence-electron chi connectivity index (χ3n) is 1.87. The summed E-state index contributed by atoms with van der Waals surface area (Å²) in [7, 11) is 0. The minimum atomic E-state index is -0.0211. The molecule has 0 bridgehead atoms. The number of H-pyrrole nitrogens is 1. The Morgan fingerprint density at radius 1 is 1.60 bits per heavy atom. The van der Waals surface area contributed by atoms with Crippen LogP contribution in [0.2, 0.25) is 0 Å². The predicted octanol–water partition coefficient (Wildman–Crippen LogP) is 2.76. The van der Waals surface area contributed by atoms with Crippen LogP contribution in [0.15, 0.2) is 37.1 Å². The number of Topliss-reactive ketones (excluding diaryl/α,β-unsaturated/α-hetero) is 1. The van der Waals surface area contributed by atoms with Gasteiger partial charge in [-0.15, -0.1) is 0 Å². The van der Waals surface area contributed by atoms with Gasteiger partial charge in [0, 0.05) is 12.5 Å². The molecule has 1 N–H and O–H groups in total. The molecule has 0 aliphatic rings. The predicted molar refractivity (Wildman–Crippen MR) is 61.6 cm³/mol. The smallest absolute Gasteiger partial charge is 0.177 e. The number of aromatic nitrogens is 2. The quantitative estimate of drug-likeness (QED) is 0.602. The second-order valence-corrected chi connectivity index (χ2v) is 3.06. The number of nitrogens with one attached hydrogen (secondary N) is 1. The monoisotopic (exact) mass is 202 g/mol. The standard InChI is InChI=1S/C12H14N2O/c1-4-6-10(7-5-2)12-13-8-11(14-12)9(3)15/h4-8H,1H2,2-3H3,(H,13,14)/b7-5-,10-6+. The first-order chi connectivity index (χ1) is 7.19. The average molecular weight is 202 g/mol. The van der Waals surface area contributed by atoms with Crippen LogP contribution in [-0.2, 0) is 0 Å². The number of allylic oxidation sites excluding steroid dienone is 5. The largest absolute Gasteiger partial charge is 0.336 e. The lowest BCUT2D eigenvalue weighted by Crippen LogP contribution is -1.92. The molecule has 0 aliphatic heterocycles. The lowest BCUT2D eigenvalue weighted by atomic mass is 10.2. The third kappa shape index (κ3) is 2.77. The van der Waals surface area contributed by atoms with E-state index in [9.17, 15) is 4.79 Å². The van der Waals surface area contributed by atoms with E-state index in [4.69, 9.17) is 0 Å². The van der Waals surface area contributed by atoms with Gasteiger partial charge in [-0.25, -0.2) is 4.98 Å². The zero-order chi connectivity index (χ0) is 11.3. The fourth-order valence-corrected chi connectivity index (χ4v) is 1.17. The van der Waals surface area contributed by atoms with Crippen LogP contribution in [0.5, 0.6) is 0 Å². The second kappa shape index (κ2) is 5.10. The van der Waals surface area contributed by atoms with Crippen molar-refractivity contribution in [2.45, 2.75) is 13.8 Å². The van der Waals surface area contributed by atoms with Crippen LogP contribution in [0.4, 0.5) is 0 Å². The summed E-state index contributed by atoms with van der Waals surface area (Å²) < 4.78 is 0. The molecule has 0 atom stereocenters. The highest BCUT2D eigenvalue weighted by Gasteiger charge is 2.06. The lowest BCUT2D eigenvalue weighted by molar-refractivity contribution is 0.101. The Kier molecular flexibility index (Phi) is 3.80. The van der Waals surface area contributed by atoms with Crippen LogP contribution < -0.4 is 0 Å². The highest BCUT2D eigenvalue weighted by atomic mass is 16.1. The van der Waals surface area contributed by atoms with Crippen LogP contribution >= 0.6 is 0 Å². The summed E-state index contributed by atoms with van der Waals surface area (Å²) in [4.78, 5) is 18.2. The molecule has 1 rings (SSSR count). The summed E-state index contributed by atoms with van der Waals surface area (Å²) in [6.45, 7) is 7.06. The molecule has 0 unspecified atom stereocenters. The summed E-state index contributed by atoms with van der Waals surface area (Å²) in [6, 6.07) is 0. The molecular formula is C12H14N2O. The average Bonchev–Trinajstić information content (AvgIpc) is 2.66. The summed E-state index contributed by atoms with van der Waals surface area (Å²) in [6.07, 6.45) is 8.88. The second-order valence-electron chi connectivity index (χ2n) is 3.06. The molecule has 0 fully saturated rings. The number of hydrogen-bond donors (Lipinski definition) is 1. The molecule has 1 aromatic heterocycles. The fourth-order valence-electron chi connectivity index (χ4n) is 1.17. The fraction of sp³-hybridized carbons (Fsp3) is 0.167. The number of imidazole rings is 1. The van der Waals surface area contributed by atoms with Crippen LogP contribution in [0.1, 0.15) is 30.2 Å². The molecule has 15 heavy (non-hydrogen) atoms. The number of carbonyl (C=O) groups excluding carboxylic acids is 1. The van der Waals surface area contributed by atoms with Crippen molar-refractivity contribution in [3.63, 3.8) is 0 Å². The molecule has 78 valence electrons. The van der Waals surface area contributed by atoms with Crippen molar-refractivity contribution in [2.24, 2.45) is 0 Å². The van der Waals surface area contributed by atoms with Gasteiger partial charge in [-0.3, -0.25) is 4.79 Å². The van der Waals surface area contributed by atoms with Crippen molar-refractivity contribution in [2.75, 3.05) is 0 Å². The maximum Gasteiger partial charge on any atom is 0.177 e. The van der Waals surface area contributed by atoms with E-state index >= 15 is 0 Å². The van der Waals surface area contributed by atoms with E-state index in [0.29, 0.717) is 11.5 Å². The Morgan fingerprint density at radius 3 is 2.80 bits per heavy atom. The topological polar surface area (TPSA) is 45.8 Å². The van der Waals surface area contributed by atoms with E-state index in [1.807, 2.05) is 25.2 Å². The first-order valence-electron chi connectivity index (χ1n) is 4.70. The Bertz CT molecular complexity index is 425. The maximum absolute atomic E-state index is 11.1. The Morgan fingerprint density at radius 2 is 2.33 bits per heavy atom. The maximum atomic E-state index is 11.1. The zero-order valence-corrected chi connectivity index (χ0v) is 8.95. The van der Waals surface area contributed by atoms with Gasteiger partial charge >= 0.3 is 0 Å². The van der Waals surface area contributed by atoms with Crippen molar-refractivity contribution in [3.05, 3.63) is 48.6 Å². The number of ketones is 1. The zero-order valence-electron chi connectivity index (χ0n) is 8.95. The molecule has 0 amide bonds. The van der Waals surface area contributed by atoms with Gasteiger partial charge in [0.05, 0.1) is 6.20 Å². The van der Waals surface area contributed by atoms with E-state index in [2.05, 4.69) is 16.5 Å². The van der Waals surface area contributed by atoms with E-state index in [1.165, 1.54) is 13.1 Å². The van der Waals surface area contributed by atoms with Crippen LogP contribution in [0.25, 0.3) is 5.57 Å². The van der Waals surface area contributed by atoms with Crippen molar-refractivity contribution >= 4 is 11.4 Å².